The average molecular weight is 260 g/mol. The summed E-state index contributed by atoms with van der Waals surface area (Å²) in [5.41, 5.74) is 1.21. The van der Waals surface area contributed by atoms with E-state index in [4.69, 9.17) is 0 Å². The summed E-state index contributed by atoms with van der Waals surface area (Å²) in [6, 6.07) is 4.20. The van der Waals surface area contributed by atoms with Crippen LogP contribution in [0.4, 0.5) is 5.82 Å². The fourth-order valence-corrected chi connectivity index (χ4v) is 2.13. The van der Waals surface area contributed by atoms with Crippen LogP contribution in [0.5, 0.6) is 0 Å². The second-order valence-electron chi connectivity index (χ2n) is 4.73. The molecular formula is C14H20N4O. The van der Waals surface area contributed by atoms with Crippen LogP contribution in [-0.2, 0) is 0 Å². The van der Waals surface area contributed by atoms with Crippen LogP contribution in [0.1, 0.15) is 50.5 Å². The summed E-state index contributed by atoms with van der Waals surface area (Å²) < 4.78 is 1.60. The Bertz CT molecular complexity index is 576. The molecule has 0 radical (unpaired) electrons. The molecule has 5 heteroatoms. The van der Waals surface area contributed by atoms with Crippen molar-refractivity contribution in [1.82, 2.24) is 14.6 Å². The lowest BCUT2D eigenvalue weighted by molar-refractivity contribution is 0.101. The number of nitrogens with zero attached hydrogens (tertiary/aromatic N) is 3. The molecule has 0 aliphatic heterocycles. The third-order valence-corrected chi connectivity index (χ3v) is 3.20. The van der Waals surface area contributed by atoms with Gasteiger partial charge in [0.15, 0.2) is 11.4 Å². The van der Waals surface area contributed by atoms with Crippen molar-refractivity contribution < 1.29 is 4.79 Å². The molecule has 0 spiro atoms. The highest BCUT2D eigenvalue weighted by Gasteiger charge is 2.11. The lowest BCUT2D eigenvalue weighted by Gasteiger charge is -2.16. The van der Waals surface area contributed by atoms with E-state index >= 15 is 0 Å². The predicted octanol–water partition coefficient (Wildman–Crippen LogP) is 2.92. The number of ketones is 1. The van der Waals surface area contributed by atoms with Gasteiger partial charge in [0.05, 0.1) is 6.20 Å². The molecule has 0 aromatic carbocycles. The van der Waals surface area contributed by atoms with Crippen LogP contribution < -0.4 is 5.32 Å². The summed E-state index contributed by atoms with van der Waals surface area (Å²) in [6.45, 7) is 5.85. The minimum atomic E-state index is -0.0299. The zero-order valence-corrected chi connectivity index (χ0v) is 11.7. The van der Waals surface area contributed by atoms with Crippen molar-refractivity contribution in [3.05, 3.63) is 24.0 Å². The molecule has 19 heavy (non-hydrogen) atoms. The molecule has 0 fully saturated rings. The van der Waals surface area contributed by atoms with Crippen molar-refractivity contribution in [2.24, 2.45) is 0 Å². The number of carbonyl (C=O) groups excluding carboxylic acids is 1. The molecule has 102 valence electrons. The summed E-state index contributed by atoms with van der Waals surface area (Å²) in [6.07, 6.45) is 4.87. The second kappa shape index (κ2) is 5.82. The van der Waals surface area contributed by atoms with Crippen molar-refractivity contribution in [1.29, 1.82) is 0 Å². The molecule has 0 amide bonds. The Kier molecular flexibility index (Phi) is 4.14. The van der Waals surface area contributed by atoms with Crippen molar-refractivity contribution in [3.63, 3.8) is 0 Å². The Morgan fingerprint density at radius 3 is 2.84 bits per heavy atom. The second-order valence-corrected chi connectivity index (χ2v) is 4.73. The lowest BCUT2D eigenvalue weighted by Crippen LogP contribution is -2.19. The summed E-state index contributed by atoms with van der Waals surface area (Å²) in [4.78, 5) is 15.7. The molecule has 0 saturated carbocycles. The highest BCUT2D eigenvalue weighted by Crippen LogP contribution is 2.13. The Labute approximate surface area is 113 Å². The standard InChI is InChI=1S/C14H20N4O/c1-4-6-11(5-2)16-13-7-8-14-15-9-12(10(3)19)18(14)17-13/h7-9,11H,4-6H2,1-3H3,(H,16,17)/t11-/m1/s1. The molecule has 1 N–H and O–H groups in total. The number of hydrogen-bond donors (Lipinski definition) is 1. The largest absolute Gasteiger partial charge is 0.366 e. The van der Waals surface area contributed by atoms with Crippen molar-refractivity contribution in [3.8, 4) is 0 Å². The van der Waals surface area contributed by atoms with Gasteiger partial charge in [0.1, 0.15) is 11.5 Å². The van der Waals surface area contributed by atoms with Gasteiger partial charge in [-0.2, -0.15) is 0 Å². The maximum atomic E-state index is 11.5. The Balaban J connectivity index is 2.29. The van der Waals surface area contributed by atoms with Crippen molar-refractivity contribution in [2.75, 3.05) is 5.32 Å². The molecule has 0 aliphatic rings. The number of Topliss-reactive ketones (excluding diaryl/α,β-unsaturated/α-hetero) is 1. The van der Waals surface area contributed by atoms with Gasteiger partial charge in [-0.25, -0.2) is 9.50 Å². The number of carbonyl (C=O) groups is 1. The van der Waals surface area contributed by atoms with Crippen LogP contribution in [-0.4, -0.2) is 26.4 Å². The van der Waals surface area contributed by atoms with Gasteiger partial charge in [0.2, 0.25) is 0 Å². The molecule has 0 bridgehead atoms. The van der Waals surface area contributed by atoms with Gasteiger partial charge < -0.3 is 5.32 Å². The number of rotatable bonds is 6. The molecule has 0 aliphatic carbocycles. The van der Waals surface area contributed by atoms with E-state index in [1.54, 1.807) is 10.7 Å². The maximum absolute atomic E-state index is 11.5. The normalized spacial score (nSPS) is 12.6. The molecule has 2 aromatic heterocycles. The molecule has 1 atom stereocenters. The molecule has 0 saturated heterocycles. The minimum Gasteiger partial charge on any atom is -0.366 e. The zero-order valence-electron chi connectivity index (χ0n) is 11.7. The Morgan fingerprint density at radius 1 is 1.42 bits per heavy atom. The molecular weight excluding hydrogens is 240 g/mol. The quantitative estimate of drug-likeness (QED) is 0.811. The van der Waals surface area contributed by atoms with E-state index in [0.717, 1.165) is 25.1 Å². The number of nitrogens with one attached hydrogen (secondary N) is 1. The highest BCUT2D eigenvalue weighted by atomic mass is 16.1. The van der Waals surface area contributed by atoms with Crippen molar-refractivity contribution >= 4 is 17.2 Å². The smallest absolute Gasteiger partial charge is 0.179 e. The molecule has 5 nitrogen and oxygen atoms in total. The fourth-order valence-electron chi connectivity index (χ4n) is 2.13. The van der Waals surface area contributed by atoms with Crippen LogP contribution in [0.2, 0.25) is 0 Å². The van der Waals surface area contributed by atoms with Crippen LogP contribution in [0, 0.1) is 0 Å². The first-order valence-corrected chi connectivity index (χ1v) is 6.78. The van der Waals surface area contributed by atoms with Gasteiger partial charge >= 0.3 is 0 Å². The van der Waals surface area contributed by atoms with E-state index in [9.17, 15) is 4.79 Å². The third-order valence-electron chi connectivity index (χ3n) is 3.20. The fraction of sp³-hybridized carbons (Fsp3) is 0.500. The number of hydrogen-bond acceptors (Lipinski definition) is 4. The number of anilines is 1. The van der Waals surface area contributed by atoms with Gasteiger partial charge in [-0.05, 0) is 25.0 Å². The van der Waals surface area contributed by atoms with E-state index in [1.807, 2.05) is 12.1 Å². The Hall–Kier alpha value is -1.91. The maximum Gasteiger partial charge on any atom is 0.179 e. The van der Waals surface area contributed by atoms with E-state index < -0.39 is 0 Å². The summed E-state index contributed by atoms with van der Waals surface area (Å²) in [5, 5.41) is 7.86. The first-order valence-electron chi connectivity index (χ1n) is 6.78. The highest BCUT2D eigenvalue weighted by molar-refractivity contribution is 5.92. The lowest BCUT2D eigenvalue weighted by atomic mass is 10.1. The predicted molar refractivity (Wildman–Crippen MR) is 75.6 cm³/mol. The first kappa shape index (κ1) is 13.5. The molecule has 2 rings (SSSR count). The number of fused-ring (bicyclic) bond motifs is 1. The van der Waals surface area contributed by atoms with Gasteiger partial charge in [0.25, 0.3) is 0 Å². The van der Waals surface area contributed by atoms with Gasteiger partial charge in [0, 0.05) is 13.0 Å². The summed E-state index contributed by atoms with van der Waals surface area (Å²) in [5.74, 6) is 0.756. The first-order chi connectivity index (χ1) is 9.15. The molecule has 0 unspecified atom stereocenters. The van der Waals surface area contributed by atoms with Crippen LogP contribution >= 0.6 is 0 Å². The summed E-state index contributed by atoms with van der Waals surface area (Å²) >= 11 is 0. The summed E-state index contributed by atoms with van der Waals surface area (Å²) in [7, 11) is 0. The van der Waals surface area contributed by atoms with E-state index in [-0.39, 0.29) is 5.78 Å². The monoisotopic (exact) mass is 260 g/mol. The molecule has 2 aromatic rings. The SMILES string of the molecule is CCC[C@@H](CC)Nc1ccc2ncc(C(C)=O)n2n1. The van der Waals surface area contributed by atoms with Gasteiger partial charge in [-0.3, -0.25) is 4.79 Å². The average Bonchev–Trinajstić information content (AvgIpc) is 2.81. The van der Waals surface area contributed by atoms with Crippen LogP contribution in [0.15, 0.2) is 18.3 Å². The zero-order chi connectivity index (χ0) is 13.8. The van der Waals surface area contributed by atoms with Crippen LogP contribution in [0.3, 0.4) is 0 Å². The van der Waals surface area contributed by atoms with Gasteiger partial charge in [-0.15, -0.1) is 5.10 Å². The third kappa shape index (κ3) is 2.92. The number of imidazole rings is 1. The molecule has 2 heterocycles. The van der Waals surface area contributed by atoms with Crippen molar-refractivity contribution in [2.45, 2.75) is 46.1 Å². The topological polar surface area (TPSA) is 59.3 Å². The minimum absolute atomic E-state index is 0.0299. The van der Waals surface area contributed by atoms with Gasteiger partial charge in [-0.1, -0.05) is 20.3 Å². The van der Waals surface area contributed by atoms with Crippen LogP contribution in [0.25, 0.3) is 5.65 Å². The van der Waals surface area contributed by atoms with E-state index in [1.165, 1.54) is 6.92 Å². The Morgan fingerprint density at radius 2 is 2.21 bits per heavy atom. The number of aromatic nitrogens is 3. The van der Waals surface area contributed by atoms with E-state index in [2.05, 4.69) is 29.2 Å². The van der Waals surface area contributed by atoms with E-state index in [0.29, 0.717) is 17.4 Å².